The summed E-state index contributed by atoms with van der Waals surface area (Å²) in [6.07, 6.45) is 0.516. The van der Waals surface area contributed by atoms with Gasteiger partial charge in [0.05, 0.1) is 14.2 Å². The Hall–Kier alpha value is -2.57. The first-order valence-electron chi connectivity index (χ1n) is 7.29. The van der Waals surface area contributed by atoms with Crippen LogP contribution in [0.4, 0.5) is 0 Å². The third-order valence-corrected chi connectivity index (χ3v) is 4.19. The van der Waals surface area contributed by atoms with E-state index in [1.165, 1.54) is 14.2 Å². The Bertz CT molecular complexity index is 628. The fourth-order valence-corrected chi connectivity index (χ4v) is 2.63. The number of amides is 2. The highest BCUT2D eigenvalue weighted by atomic mass is 16.7. The summed E-state index contributed by atoms with van der Waals surface area (Å²) in [4.78, 5) is 42.4. The first-order valence-corrected chi connectivity index (χ1v) is 7.29. The highest BCUT2D eigenvalue weighted by Gasteiger charge is 2.57. The number of methoxy groups -OCH3 is 2. The molecule has 2 amide bonds. The molecular weight excluding hydrogens is 302 g/mol. The van der Waals surface area contributed by atoms with Crippen molar-refractivity contribution in [3.8, 4) is 11.5 Å². The fourth-order valence-electron chi connectivity index (χ4n) is 2.63. The van der Waals surface area contributed by atoms with Crippen LogP contribution in [-0.4, -0.2) is 37.1 Å². The van der Waals surface area contributed by atoms with Gasteiger partial charge in [0.15, 0.2) is 5.41 Å². The number of hydrogen-bond acceptors (Lipinski definition) is 6. The second kappa shape index (κ2) is 6.28. The van der Waals surface area contributed by atoms with Gasteiger partial charge in [-0.15, -0.1) is 0 Å². The zero-order valence-electron chi connectivity index (χ0n) is 13.5. The molecule has 0 bridgehead atoms. The average molecular weight is 321 g/mol. The van der Waals surface area contributed by atoms with Crippen LogP contribution in [0, 0.1) is 5.41 Å². The molecule has 0 radical (unpaired) electrons. The van der Waals surface area contributed by atoms with Gasteiger partial charge in [-0.1, -0.05) is 25.0 Å². The lowest BCUT2D eigenvalue weighted by Crippen LogP contribution is -2.38. The smallest absolute Gasteiger partial charge is 0.348 e. The van der Waals surface area contributed by atoms with E-state index >= 15 is 0 Å². The van der Waals surface area contributed by atoms with E-state index in [4.69, 9.17) is 14.3 Å². The summed E-state index contributed by atoms with van der Waals surface area (Å²) >= 11 is 0. The number of nitrogens with zero attached hydrogens (tertiary/aromatic N) is 1. The van der Waals surface area contributed by atoms with Crippen molar-refractivity contribution in [3.05, 3.63) is 23.8 Å². The monoisotopic (exact) mass is 321 g/mol. The molecule has 7 heteroatoms. The van der Waals surface area contributed by atoms with E-state index in [-0.39, 0.29) is 29.9 Å². The van der Waals surface area contributed by atoms with Gasteiger partial charge in [-0.2, -0.15) is 0 Å². The number of ether oxygens (including phenoxy) is 2. The molecule has 0 N–H and O–H groups in total. The van der Waals surface area contributed by atoms with E-state index in [2.05, 4.69) is 0 Å². The molecule has 1 fully saturated rings. The van der Waals surface area contributed by atoms with E-state index in [0.717, 1.165) is 0 Å². The first kappa shape index (κ1) is 16.8. The molecule has 7 nitrogen and oxygen atoms in total. The number of benzene rings is 1. The predicted octanol–water partition coefficient (Wildman–Crippen LogP) is 1.95. The first-order chi connectivity index (χ1) is 11.0. The zero-order valence-corrected chi connectivity index (χ0v) is 13.5. The Morgan fingerprint density at radius 3 is 2.04 bits per heavy atom. The zero-order chi connectivity index (χ0) is 17.2. The number of carbonyl (C=O) groups excluding carboxylic acids is 3. The van der Waals surface area contributed by atoms with Crippen LogP contribution in [-0.2, 0) is 14.4 Å². The summed E-state index contributed by atoms with van der Waals surface area (Å²) in [5.74, 6) is -1.71. The number of carbonyl (C=O) groups is 3. The lowest BCUT2D eigenvalue weighted by molar-refractivity contribution is -0.168. The van der Waals surface area contributed by atoms with Crippen molar-refractivity contribution in [3.63, 3.8) is 0 Å². The molecule has 1 aromatic rings. The second-order valence-corrected chi connectivity index (χ2v) is 5.11. The number of hydroxylamine groups is 2. The number of rotatable bonds is 5. The van der Waals surface area contributed by atoms with Crippen LogP contribution in [0.5, 0.6) is 11.5 Å². The number of hydrogen-bond donors (Lipinski definition) is 0. The van der Waals surface area contributed by atoms with Crippen molar-refractivity contribution in [2.45, 2.75) is 26.7 Å². The van der Waals surface area contributed by atoms with Crippen molar-refractivity contribution in [2.75, 3.05) is 14.2 Å². The van der Waals surface area contributed by atoms with Crippen LogP contribution in [0.15, 0.2) is 18.2 Å². The normalized spacial score (nSPS) is 16.3. The quantitative estimate of drug-likeness (QED) is 0.609. The molecule has 1 heterocycles. The maximum atomic E-state index is 12.7. The molecule has 0 atom stereocenters. The van der Waals surface area contributed by atoms with E-state index in [1.807, 2.05) is 0 Å². The van der Waals surface area contributed by atoms with Crippen LogP contribution >= 0.6 is 0 Å². The average Bonchev–Trinajstić information content (AvgIpc) is 2.84. The Kier molecular flexibility index (Phi) is 4.58. The third kappa shape index (κ3) is 2.42. The van der Waals surface area contributed by atoms with E-state index in [9.17, 15) is 14.4 Å². The van der Waals surface area contributed by atoms with Gasteiger partial charge in [0.2, 0.25) is 0 Å². The summed E-state index contributed by atoms with van der Waals surface area (Å²) in [5.41, 5.74) is -1.29. The summed E-state index contributed by atoms with van der Waals surface area (Å²) in [7, 11) is 2.79. The van der Waals surface area contributed by atoms with Gasteiger partial charge in [-0.25, -0.2) is 4.79 Å². The van der Waals surface area contributed by atoms with Crippen molar-refractivity contribution in [1.29, 1.82) is 0 Å². The molecule has 124 valence electrons. The van der Waals surface area contributed by atoms with E-state index < -0.39 is 23.2 Å². The van der Waals surface area contributed by atoms with Gasteiger partial charge >= 0.3 is 11.9 Å². The minimum atomic E-state index is -1.31. The molecular formula is C16H19NO6. The van der Waals surface area contributed by atoms with Crippen LogP contribution in [0.2, 0.25) is 0 Å². The Balaban J connectivity index is 2.47. The largest absolute Gasteiger partial charge is 0.496 e. The molecule has 0 unspecified atom stereocenters. The Labute approximate surface area is 134 Å². The molecule has 0 saturated carbocycles. The van der Waals surface area contributed by atoms with E-state index in [1.54, 1.807) is 32.0 Å². The Morgan fingerprint density at radius 1 is 1.13 bits per heavy atom. The maximum Gasteiger partial charge on any atom is 0.348 e. The molecule has 23 heavy (non-hydrogen) atoms. The molecule has 0 aliphatic carbocycles. The maximum absolute atomic E-state index is 12.7. The summed E-state index contributed by atoms with van der Waals surface area (Å²) in [6.45, 7) is 3.42. The van der Waals surface area contributed by atoms with Crippen LogP contribution in [0.3, 0.4) is 0 Å². The van der Waals surface area contributed by atoms with Gasteiger partial charge in [0.25, 0.3) is 5.91 Å². The topological polar surface area (TPSA) is 82.1 Å². The number of imide groups is 1. The predicted molar refractivity (Wildman–Crippen MR) is 79.8 cm³/mol. The van der Waals surface area contributed by atoms with Crippen LogP contribution < -0.4 is 9.47 Å². The minimum Gasteiger partial charge on any atom is -0.496 e. The van der Waals surface area contributed by atoms with Gasteiger partial charge in [0.1, 0.15) is 17.1 Å². The lowest BCUT2D eigenvalue weighted by Gasteiger charge is -2.19. The van der Waals surface area contributed by atoms with Crippen molar-refractivity contribution >= 4 is 17.8 Å². The van der Waals surface area contributed by atoms with E-state index in [0.29, 0.717) is 5.06 Å². The van der Waals surface area contributed by atoms with Crippen LogP contribution in [0.25, 0.3) is 0 Å². The summed E-state index contributed by atoms with van der Waals surface area (Å²) < 4.78 is 10.3. The van der Waals surface area contributed by atoms with Gasteiger partial charge in [-0.3, -0.25) is 9.59 Å². The minimum absolute atomic E-state index is 0.0293. The molecule has 1 aromatic carbocycles. The molecule has 0 aromatic heterocycles. The molecule has 1 aliphatic rings. The van der Waals surface area contributed by atoms with Gasteiger partial charge in [-0.05, 0) is 25.0 Å². The van der Waals surface area contributed by atoms with Crippen LogP contribution in [0.1, 0.15) is 37.0 Å². The summed E-state index contributed by atoms with van der Waals surface area (Å²) in [5, 5.41) is 0.510. The van der Waals surface area contributed by atoms with Crippen molar-refractivity contribution < 1.29 is 28.7 Å². The fraction of sp³-hybridized carbons (Fsp3) is 0.438. The van der Waals surface area contributed by atoms with Crippen molar-refractivity contribution in [1.82, 2.24) is 5.06 Å². The molecule has 0 spiro atoms. The van der Waals surface area contributed by atoms with Crippen molar-refractivity contribution in [2.24, 2.45) is 5.41 Å². The van der Waals surface area contributed by atoms with Gasteiger partial charge in [0, 0.05) is 0 Å². The molecule has 1 aliphatic heterocycles. The highest BCUT2D eigenvalue weighted by Crippen LogP contribution is 2.39. The second-order valence-electron chi connectivity index (χ2n) is 5.11. The Morgan fingerprint density at radius 2 is 1.65 bits per heavy atom. The lowest BCUT2D eigenvalue weighted by atomic mass is 9.82. The van der Waals surface area contributed by atoms with Gasteiger partial charge < -0.3 is 14.3 Å². The summed E-state index contributed by atoms with van der Waals surface area (Å²) in [6, 6.07) is 4.77. The SMILES string of the molecule is CCC1(CC)C(=O)ON(C(=O)c2c(OC)cccc2OC)C1=O. The molecule has 2 rings (SSSR count). The highest BCUT2D eigenvalue weighted by molar-refractivity contribution is 6.16. The molecule has 1 saturated heterocycles. The third-order valence-electron chi connectivity index (χ3n) is 4.19. The standard InChI is InChI=1S/C16H19NO6/c1-5-16(6-2)14(19)17(23-15(16)20)13(18)12-10(21-3)8-7-9-11(12)22-4/h7-9H,5-6H2,1-4H3.